The van der Waals surface area contributed by atoms with Crippen LogP contribution in [0.25, 0.3) is 0 Å². The van der Waals surface area contributed by atoms with E-state index in [0.717, 1.165) is 10.7 Å². The first kappa shape index (κ1) is 16.7. The fourth-order valence-electron chi connectivity index (χ4n) is 1.64. The highest BCUT2D eigenvalue weighted by molar-refractivity contribution is 7.80. The summed E-state index contributed by atoms with van der Waals surface area (Å²) in [5, 5.41) is 4.17. The third-order valence-electron chi connectivity index (χ3n) is 2.71. The highest BCUT2D eigenvalue weighted by Crippen LogP contribution is 2.18. The number of anilines is 3. The second-order valence-corrected chi connectivity index (χ2v) is 5.20. The number of hydrogen-bond donors (Lipinski definition) is 4. The maximum absolute atomic E-state index is 12.3. The number of halogens is 1. The molecule has 0 aliphatic heterocycles. The molecule has 0 saturated carbocycles. The van der Waals surface area contributed by atoms with E-state index in [1.165, 1.54) is 7.05 Å². The van der Waals surface area contributed by atoms with Crippen LogP contribution in [-0.2, 0) is 0 Å². The third-order valence-corrected chi connectivity index (χ3v) is 3.18. The van der Waals surface area contributed by atoms with Gasteiger partial charge in [-0.2, -0.15) is 0 Å². The topological polar surface area (TPSA) is 122 Å². The van der Waals surface area contributed by atoms with Gasteiger partial charge in [0, 0.05) is 12.7 Å². The number of nitrogens with one attached hydrogen (secondary N) is 2. The number of aromatic nitrogens is 2. The van der Waals surface area contributed by atoms with E-state index in [2.05, 4.69) is 20.7 Å². The molecule has 0 spiro atoms. The number of hydrazine groups is 1. The van der Waals surface area contributed by atoms with Crippen molar-refractivity contribution in [3.05, 3.63) is 41.2 Å². The lowest BCUT2D eigenvalue weighted by Crippen LogP contribution is -2.45. The van der Waals surface area contributed by atoms with Gasteiger partial charge in [-0.05, 0) is 24.4 Å². The molecule has 1 aromatic heterocycles. The van der Waals surface area contributed by atoms with Gasteiger partial charge in [0.15, 0.2) is 27.6 Å². The maximum Gasteiger partial charge on any atom is 0.294 e. The number of thiocarbonyl (C=S) groups is 1. The fourth-order valence-corrected chi connectivity index (χ4v) is 2.02. The van der Waals surface area contributed by atoms with Gasteiger partial charge in [0.25, 0.3) is 5.91 Å². The Labute approximate surface area is 142 Å². The molecule has 120 valence electrons. The Morgan fingerprint density at radius 2 is 1.87 bits per heavy atom. The van der Waals surface area contributed by atoms with Gasteiger partial charge in [0.1, 0.15) is 0 Å². The van der Waals surface area contributed by atoms with Crippen LogP contribution < -0.4 is 22.2 Å². The predicted octanol–water partition coefficient (Wildman–Crippen LogP) is 1.27. The molecular weight excluding hydrogens is 338 g/mol. The van der Waals surface area contributed by atoms with Crippen molar-refractivity contribution in [1.82, 2.24) is 20.4 Å². The first-order valence-corrected chi connectivity index (χ1v) is 7.16. The molecule has 0 saturated heterocycles. The zero-order chi connectivity index (χ0) is 17.0. The van der Waals surface area contributed by atoms with Gasteiger partial charge in [-0.15, -0.1) is 0 Å². The Bertz CT molecular complexity index is 741. The molecule has 1 amide bonds. The Morgan fingerprint density at radius 1 is 1.22 bits per heavy atom. The summed E-state index contributed by atoms with van der Waals surface area (Å²) in [6.45, 7) is 0. The molecule has 2 aromatic rings. The summed E-state index contributed by atoms with van der Waals surface area (Å²) in [6.07, 6.45) is 0. The van der Waals surface area contributed by atoms with Crippen LogP contribution in [-0.4, -0.2) is 33.0 Å². The molecule has 0 aliphatic carbocycles. The first-order valence-electron chi connectivity index (χ1n) is 6.37. The summed E-state index contributed by atoms with van der Waals surface area (Å²) in [7, 11) is 1.46. The van der Waals surface area contributed by atoms with E-state index >= 15 is 0 Å². The average Bonchev–Trinajstić information content (AvgIpc) is 2.51. The third kappa shape index (κ3) is 4.18. The van der Waals surface area contributed by atoms with Crippen molar-refractivity contribution in [2.75, 3.05) is 23.8 Å². The van der Waals surface area contributed by atoms with Gasteiger partial charge < -0.3 is 16.8 Å². The van der Waals surface area contributed by atoms with Gasteiger partial charge in [0.2, 0.25) is 0 Å². The molecule has 0 bridgehead atoms. The molecule has 23 heavy (non-hydrogen) atoms. The molecular formula is C13H14ClN7OS. The highest BCUT2D eigenvalue weighted by Gasteiger charge is 2.20. The standard InChI is InChI=1S/C13H14ClN7OS/c1-21(20-13(23)17-7-5-3-2-4-6-7)12(22)8-10(15)19-11(16)9(14)18-8/h2-6H,1H3,(H4,15,16,19)(H2,17,20,23). The summed E-state index contributed by atoms with van der Waals surface area (Å²) in [6, 6.07) is 9.25. The van der Waals surface area contributed by atoms with E-state index < -0.39 is 5.91 Å². The lowest BCUT2D eigenvalue weighted by atomic mass is 10.3. The zero-order valence-electron chi connectivity index (χ0n) is 12.1. The number of hydrogen-bond acceptors (Lipinski definition) is 6. The molecule has 1 aromatic carbocycles. The molecule has 8 nitrogen and oxygen atoms in total. The Balaban J connectivity index is 2.05. The van der Waals surface area contributed by atoms with Crippen LogP contribution in [0, 0.1) is 0 Å². The van der Waals surface area contributed by atoms with Crippen molar-refractivity contribution in [2.24, 2.45) is 0 Å². The largest absolute Gasteiger partial charge is 0.382 e. The maximum atomic E-state index is 12.3. The average molecular weight is 352 g/mol. The second kappa shape index (κ2) is 7.07. The monoisotopic (exact) mass is 351 g/mol. The van der Waals surface area contributed by atoms with Crippen molar-refractivity contribution >= 4 is 52.2 Å². The van der Waals surface area contributed by atoms with Crippen molar-refractivity contribution < 1.29 is 4.79 Å². The van der Waals surface area contributed by atoms with Gasteiger partial charge in [-0.3, -0.25) is 15.2 Å². The number of rotatable bonds is 2. The molecule has 6 N–H and O–H groups in total. The molecule has 0 radical (unpaired) electrons. The Kier molecular flexibility index (Phi) is 5.14. The van der Waals surface area contributed by atoms with Crippen LogP contribution in [0.5, 0.6) is 0 Å². The van der Waals surface area contributed by atoms with Crippen LogP contribution in [0.1, 0.15) is 10.5 Å². The summed E-state index contributed by atoms with van der Waals surface area (Å²) in [5.74, 6) is -0.723. The summed E-state index contributed by atoms with van der Waals surface area (Å²) < 4.78 is 0. The van der Waals surface area contributed by atoms with E-state index in [4.69, 9.17) is 35.3 Å². The minimum atomic E-state index is -0.561. The number of nitrogen functional groups attached to an aromatic ring is 2. The van der Waals surface area contributed by atoms with Crippen LogP contribution in [0.3, 0.4) is 0 Å². The molecule has 0 unspecified atom stereocenters. The number of carbonyl (C=O) groups is 1. The van der Waals surface area contributed by atoms with Crippen LogP contribution in [0.15, 0.2) is 30.3 Å². The summed E-state index contributed by atoms with van der Waals surface area (Å²) in [4.78, 5) is 19.9. The quantitative estimate of drug-likeness (QED) is 0.471. The van der Waals surface area contributed by atoms with Gasteiger partial charge in [-0.1, -0.05) is 29.8 Å². The van der Waals surface area contributed by atoms with Gasteiger partial charge >= 0.3 is 0 Å². The molecule has 0 atom stereocenters. The Morgan fingerprint density at radius 3 is 2.52 bits per heavy atom. The normalized spacial score (nSPS) is 10.0. The van der Waals surface area contributed by atoms with Crippen molar-refractivity contribution in [1.29, 1.82) is 0 Å². The van der Waals surface area contributed by atoms with Crippen molar-refractivity contribution in [3.8, 4) is 0 Å². The number of para-hydroxylation sites is 1. The first-order chi connectivity index (χ1) is 10.9. The van der Waals surface area contributed by atoms with Crippen molar-refractivity contribution in [2.45, 2.75) is 0 Å². The van der Waals surface area contributed by atoms with E-state index in [-0.39, 0.29) is 27.6 Å². The van der Waals surface area contributed by atoms with E-state index in [9.17, 15) is 4.79 Å². The number of carbonyl (C=O) groups excluding carboxylic acids is 1. The minimum absolute atomic E-state index is 0.0439. The minimum Gasteiger partial charge on any atom is -0.382 e. The second-order valence-electron chi connectivity index (χ2n) is 4.43. The molecule has 0 aliphatic rings. The van der Waals surface area contributed by atoms with Crippen molar-refractivity contribution in [3.63, 3.8) is 0 Å². The van der Waals surface area contributed by atoms with E-state index in [1.54, 1.807) is 0 Å². The van der Waals surface area contributed by atoms with Gasteiger partial charge in [0.05, 0.1) is 0 Å². The van der Waals surface area contributed by atoms with Crippen LogP contribution in [0.4, 0.5) is 17.3 Å². The number of benzene rings is 1. The molecule has 1 heterocycles. The van der Waals surface area contributed by atoms with Crippen LogP contribution in [0.2, 0.25) is 5.15 Å². The number of amides is 1. The van der Waals surface area contributed by atoms with E-state index in [1.807, 2.05) is 30.3 Å². The lowest BCUT2D eigenvalue weighted by Gasteiger charge is -2.20. The fraction of sp³-hybridized carbons (Fsp3) is 0.0769. The molecule has 10 heteroatoms. The lowest BCUT2D eigenvalue weighted by molar-refractivity contribution is 0.0755. The number of nitrogens with zero attached hydrogens (tertiary/aromatic N) is 3. The molecule has 0 fully saturated rings. The highest BCUT2D eigenvalue weighted by atomic mass is 35.5. The summed E-state index contributed by atoms with van der Waals surface area (Å²) in [5.41, 5.74) is 14.5. The van der Waals surface area contributed by atoms with E-state index in [0.29, 0.717) is 0 Å². The smallest absolute Gasteiger partial charge is 0.294 e. The van der Waals surface area contributed by atoms with Crippen LogP contribution >= 0.6 is 23.8 Å². The zero-order valence-corrected chi connectivity index (χ0v) is 13.6. The van der Waals surface area contributed by atoms with Gasteiger partial charge in [-0.25, -0.2) is 9.97 Å². The summed E-state index contributed by atoms with van der Waals surface area (Å²) >= 11 is 10.9. The Hall–Kier alpha value is -2.65. The number of nitrogens with two attached hydrogens (primary N) is 2. The SMILES string of the molecule is CN(NC(=S)Nc1ccccc1)C(=O)c1nc(Cl)c(N)nc1N. The molecule has 2 rings (SSSR count). The predicted molar refractivity (Wildman–Crippen MR) is 93.8 cm³/mol.